The minimum absolute atomic E-state index is 0.133. The molecule has 0 spiro atoms. The van der Waals surface area contributed by atoms with Crippen LogP contribution in [0.4, 0.5) is 23.5 Å². The molecule has 0 saturated heterocycles. The van der Waals surface area contributed by atoms with Gasteiger partial charge in [0.15, 0.2) is 11.6 Å². The van der Waals surface area contributed by atoms with Crippen molar-refractivity contribution < 1.29 is 22.0 Å². The number of nitrogens with zero attached hydrogens (tertiary/aromatic N) is 4. The van der Waals surface area contributed by atoms with E-state index < -0.39 is 29.5 Å². The highest BCUT2D eigenvalue weighted by Gasteiger charge is 2.41. The van der Waals surface area contributed by atoms with Crippen LogP contribution in [0.25, 0.3) is 11.5 Å². The Morgan fingerprint density at radius 1 is 1.07 bits per heavy atom. The fourth-order valence-corrected chi connectivity index (χ4v) is 3.02. The molecule has 0 bridgehead atoms. The first-order valence-corrected chi connectivity index (χ1v) is 9.15. The molecule has 154 valence electrons. The van der Waals surface area contributed by atoms with E-state index in [-0.39, 0.29) is 23.0 Å². The van der Waals surface area contributed by atoms with Crippen LogP contribution in [-0.4, -0.2) is 20.2 Å². The maximum Gasteiger partial charge on any atom is 0.314 e. The van der Waals surface area contributed by atoms with Crippen molar-refractivity contribution in [1.82, 2.24) is 20.2 Å². The predicted octanol–water partition coefficient (Wildman–Crippen LogP) is 5.26. The van der Waals surface area contributed by atoms with E-state index in [0.29, 0.717) is 12.8 Å². The van der Waals surface area contributed by atoms with Crippen LogP contribution in [0.1, 0.15) is 51.0 Å². The fraction of sp³-hybridized carbons (Fsp3) is 0.368. The summed E-state index contributed by atoms with van der Waals surface area (Å²) >= 11 is 0. The number of anilines is 1. The van der Waals surface area contributed by atoms with Crippen LogP contribution in [0.15, 0.2) is 35.0 Å². The van der Waals surface area contributed by atoms with E-state index >= 15 is 0 Å². The number of rotatable bonds is 5. The molecule has 0 unspecified atom stereocenters. The van der Waals surface area contributed by atoms with Crippen molar-refractivity contribution in [3.8, 4) is 11.5 Å². The van der Waals surface area contributed by atoms with Gasteiger partial charge in [-0.05, 0) is 25.3 Å². The molecule has 1 aliphatic rings. The van der Waals surface area contributed by atoms with Gasteiger partial charge in [-0.3, -0.25) is 0 Å². The molecule has 1 saturated carbocycles. The van der Waals surface area contributed by atoms with Crippen LogP contribution in [0, 0.1) is 11.6 Å². The van der Waals surface area contributed by atoms with Gasteiger partial charge in [-0.25, -0.2) is 18.7 Å². The number of hydrogen-bond donors (Lipinski definition) is 1. The van der Waals surface area contributed by atoms with Crippen molar-refractivity contribution in [3.05, 3.63) is 53.7 Å². The molecule has 10 heteroatoms. The van der Waals surface area contributed by atoms with E-state index in [4.69, 9.17) is 4.42 Å². The van der Waals surface area contributed by atoms with Crippen LogP contribution in [0.3, 0.4) is 0 Å². The first kappa shape index (κ1) is 20.7. The van der Waals surface area contributed by atoms with E-state index in [2.05, 4.69) is 25.5 Å². The number of halogens is 4. The van der Waals surface area contributed by atoms with E-state index in [0.717, 1.165) is 12.5 Å². The van der Waals surface area contributed by atoms with Gasteiger partial charge in [-0.1, -0.05) is 26.0 Å². The topological polar surface area (TPSA) is 76.7 Å². The van der Waals surface area contributed by atoms with Gasteiger partial charge in [-0.2, -0.15) is 8.78 Å². The Balaban J connectivity index is 0.00000117. The maximum atomic E-state index is 14.2. The Hall–Kier alpha value is -3.04. The zero-order chi connectivity index (χ0) is 21.0. The van der Waals surface area contributed by atoms with Gasteiger partial charge in [0.05, 0.1) is 11.1 Å². The van der Waals surface area contributed by atoms with E-state index in [1.54, 1.807) is 0 Å². The predicted molar refractivity (Wildman–Crippen MR) is 97.1 cm³/mol. The molecule has 1 aliphatic carbocycles. The number of benzene rings is 1. The lowest BCUT2D eigenvalue weighted by Gasteiger charge is -2.43. The zero-order valence-corrected chi connectivity index (χ0v) is 15.8. The molecule has 0 radical (unpaired) electrons. The monoisotopic (exact) mass is 409 g/mol. The number of aromatic nitrogens is 4. The lowest BCUT2D eigenvalue weighted by atomic mass is 9.71. The molecule has 0 amide bonds. The van der Waals surface area contributed by atoms with Crippen LogP contribution in [-0.2, 0) is 5.54 Å². The van der Waals surface area contributed by atoms with Crippen LogP contribution >= 0.6 is 0 Å². The molecule has 1 aromatic carbocycles. The molecule has 1 N–H and O–H groups in total. The summed E-state index contributed by atoms with van der Waals surface area (Å²) in [6.07, 6.45) is 1.82. The summed E-state index contributed by atoms with van der Waals surface area (Å²) in [5.74, 6) is -2.54. The molecule has 0 aliphatic heterocycles. The summed E-state index contributed by atoms with van der Waals surface area (Å²) in [6, 6.07) is 4.05. The summed E-state index contributed by atoms with van der Waals surface area (Å²) in [5.41, 5.74) is -0.305. The number of nitrogens with one attached hydrogen (secondary N) is 1. The second kappa shape index (κ2) is 8.54. The van der Waals surface area contributed by atoms with Gasteiger partial charge in [-0.15, -0.1) is 10.2 Å². The van der Waals surface area contributed by atoms with Crippen molar-refractivity contribution in [3.63, 3.8) is 0 Å². The molecular formula is C19H19F4N5O. The lowest BCUT2D eigenvalue weighted by Crippen LogP contribution is -2.43. The van der Waals surface area contributed by atoms with Crippen molar-refractivity contribution in [1.29, 1.82) is 0 Å². The third-order valence-corrected chi connectivity index (χ3v) is 4.55. The molecule has 4 rings (SSSR count). The maximum absolute atomic E-state index is 14.2. The van der Waals surface area contributed by atoms with Gasteiger partial charge < -0.3 is 9.73 Å². The largest absolute Gasteiger partial charge is 0.415 e. The highest BCUT2D eigenvalue weighted by atomic mass is 19.3. The molecule has 6 nitrogen and oxygen atoms in total. The highest BCUT2D eigenvalue weighted by molar-refractivity contribution is 5.51. The van der Waals surface area contributed by atoms with E-state index in [1.165, 1.54) is 24.5 Å². The second-order valence-corrected chi connectivity index (χ2v) is 6.20. The van der Waals surface area contributed by atoms with E-state index in [1.807, 2.05) is 13.8 Å². The fourth-order valence-electron chi connectivity index (χ4n) is 3.02. The Labute approximate surface area is 164 Å². The Morgan fingerprint density at radius 3 is 2.31 bits per heavy atom. The first-order chi connectivity index (χ1) is 14.0. The van der Waals surface area contributed by atoms with Crippen molar-refractivity contribution in [2.75, 3.05) is 5.32 Å². The summed E-state index contributed by atoms with van der Waals surface area (Å²) in [7, 11) is 0. The lowest BCUT2D eigenvalue weighted by molar-refractivity contribution is 0.116. The van der Waals surface area contributed by atoms with E-state index in [9.17, 15) is 17.6 Å². The minimum Gasteiger partial charge on any atom is -0.415 e. The minimum atomic E-state index is -2.87. The number of hydrogen-bond acceptors (Lipinski definition) is 6. The van der Waals surface area contributed by atoms with Gasteiger partial charge >= 0.3 is 6.43 Å². The van der Waals surface area contributed by atoms with Gasteiger partial charge in [0.25, 0.3) is 11.8 Å². The second-order valence-electron chi connectivity index (χ2n) is 6.20. The third kappa shape index (κ3) is 4.06. The molecular weight excluding hydrogens is 390 g/mol. The molecule has 2 aromatic heterocycles. The quantitative estimate of drug-likeness (QED) is 0.580. The smallest absolute Gasteiger partial charge is 0.314 e. The third-order valence-electron chi connectivity index (χ3n) is 4.55. The first-order valence-electron chi connectivity index (χ1n) is 9.15. The Morgan fingerprint density at radius 2 is 1.76 bits per heavy atom. The summed E-state index contributed by atoms with van der Waals surface area (Å²) in [5, 5.41) is 9.82. The summed E-state index contributed by atoms with van der Waals surface area (Å²) in [4.78, 5) is 8.20. The molecule has 29 heavy (non-hydrogen) atoms. The zero-order valence-electron chi connectivity index (χ0n) is 15.8. The van der Waals surface area contributed by atoms with Crippen molar-refractivity contribution >= 4 is 5.95 Å². The Kier molecular flexibility index (Phi) is 6.09. The van der Waals surface area contributed by atoms with Gasteiger partial charge in [0.1, 0.15) is 0 Å². The van der Waals surface area contributed by atoms with Crippen molar-refractivity contribution in [2.24, 2.45) is 0 Å². The van der Waals surface area contributed by atoms with Gasteiger partial charge in [0.2, 0.25) is 5.95 Å². The number of alkyl halides is 2. The van der Waals surface area contributed by atoms with Crippen LogP contribution in [0.2, 0.25) is 0 Å². The van der Waals surface area contributed by atoms with Crippen molar-refractivity contribution in [2.45, 2.75) is 45.1 Å². The SMILES string of the molecule is CC.Fc1cccc(C2(Nc3ncc(-c4nnc(C(F)F)o4)cn3)CCC2)c1F. The summed E-state index contributed by atoms with van der Waals surface area (Å²) < 4.78 is 57.7. The molecule has 0 atom stereocenters. The molecule has 3 aromatic rings. The molecule has 2 heterocycles. The average Bonchev–Trinajstić information content (AvgIpc) is 3.20. The standard InChI is InChI=1S/C17H13F4N5O.C2H6/c18-11-4-1-3-10(12(11)19)17(5-2-6-17)24-16-22-7-9(8-23-16)14-25-26-15(27-14)13(20)21;1-2/h1,3-4,7-8,13H,2,5-6H2,(H,22,23,24);1-2H3. The van der Waals surface area contributed by atoms with Crippen LogP contribution in [0.5, 0.6) is 0 Å². The average molecular weight is 409 g/mol. The molecule has 1 fully saturated rings. The normalized spacial score (nSPS) is 14.7. The Bertz CT molecular complexity index is 957. The van der Waals surface area contributed by atoms with Gasteiger partial charge in [0, 0.05) is 18.0 Å². The highest BCUT2D eigenvalue weighted by Crippen LogP contribution is 2.44. The van der Waals surface area contributed by atoms with Crippen LogP contribution < -0.4 is 5.32 Å². The summed E-state index contributed by atoms with van der Waals surface area (Å²) in [6.45, 7) is 4.00.